The highest BCUT2D eigenvalue weighted by atomic mass is 32.2. The van der Waals surface area contributed by atoms with E-state index >= 15 is 0 Å². The molecular weight excluding hydrogens is 320 g/mol. The average molecular weight is 332 g/mol. The SMILES string of the molecule is CNC(=O)c1ccccc1Sc1ccc([N+](=O)[O-])cc1C(=O)O. The molecule has 0 bridgehead atoms. The lowest BCUT2D eigenvalue weighted by molar-refractivity contribution is -0.384. The van der Waals surface area contributed by atoms with Crippen LogP contribution in [0.25, 0.3) is 0 Å². The molecule has 0 saturated carbocycles. The first-order valence-electron chi connectivity index (χ1n) is 6.44. The Morgan fingerprint density at radius 2 is 1.78 bits per heavy atom. The van der Waals surface area contributed by atoms with Gasteiger partial charge >= 0.3 is 5.97 Å². The van der Waals surface area contributed by atoms with Crippen molar-refractivity contribution in [3.63, 3.8) is 0 Å². The molecule has 1 amide bonds. The molecule has 0 aliphatic carbocycles. The van der Waals surface area contributed by atoms with E-state index in [1.54, 1.807) is 24.3 Å². The summed E-state index contributed by atoms with van der Waals surface area (Å²) in [4.78, 5) is 34.2. The molecule has 2 aromatic carbocycles. The first-order chi connectivity index (χ1) is 10.9. The maximum Gasteiger partial charge on any atom is 0.337 e. The quantitative estimate of drug-likeness (QED) is 0.643. The third kappa shape index (κ3) is 3.67. The van der Waals surface area contributed by atoms with Crippen molar-refractivity contribution in [2.45, 2.75) is 9.79 Å². The zero-order valence-corrected chi connectivity index (χ0v) is 12.8. The molecule has 8 heteroatoms. The Kier molecular flexibility index (Phi) is 4.97. The number of hydrogen-bond donors (Lipinski definition) is 2. The van der Waals surface area contributed by atoms with Gasteiger partial charge in [-0.1, -0.05) is 23.9 Å². The number of aromatic carboxylic acids is 1. The van der Waals surface area contributed by atoms with Crippen LogP contribution in [0.2, 0.25) is 0 Å². The van der Waals surface area contributed by atoms with E-state index in [-0.39, 0.29) is 17.2 Å². The molecule has 0 radical (unpaired) electrons. The molecule has 0 atom stereocenters. The summed E-state index contributed by atoms with van der Waals surface area (Å²) in [6.07, 6.45) is 0. The fourth-order valence-corrected chi connectivity index (χ4v) is 2.93. The zero-order valence-electron chi connectivity index (χ0n) is 12.0. The number of nitro benzene ring substituents is 1. The largest absolute Gasteiger partial charge is 0.478 e. The van der Waals surface area contributed by atoms with E-state index < -0.39 is 10.9 Å². The monoisotopic (exact) mass is 332 g/mol. The van der Waals surface area contributed by atoms with E-state index in [0.717, 1.165) is 17.8 Å². The number of nitrogens with zero attached hydrogens (tertiary/aromatic N) is 1. The summed E-state index contributed by atoms with van der Waals surface area (Å²) < 4.78 is 0. The summed E-state index contributed by atoms with van der Waals surface area (Å²) >= 11 is 1.07. The number of hydrogen-bond acceptors (Lipinski definition) is 5. The van der Waals surface area contributed by atoms with Gasteiger partial charge in [0.1, 0.15) is 0 Å². The van der Waals surface area contributed by atoms with Crippen molar-refractivity contribution in [2.75, 3.05) is 7.05 Å². The van der Waals surface area contributed by atoms with Gasteiger partial charge in [0.05, 0.1) is 16.1 Å². The van der Waals surface area contributed by atoms with Gasteiger partial charge in [-0.3, -0.25) is 14.9 Å². The molecule has 7 nitrogen and oxygen atoms in total. The summed E-state index contributed by atoms with van der Waals surface area (Å²) in [7, 11) is 1.50. The smallest absolute Gasteiger partial charge is 0.337 e. The number of benzene rings is 2. The van der Waals surface area contributed by atoms with Crippen molar-refractivity contribution in [3.8, 4) is 0 Å². The second-order valence-corrected chi connectivity index (χ2v) is 5.50. The first kappa shape index (κ1) is 16.5. The standard InChI is InChI=1S/C15H12N2O5S/c1-16-14(18)10-4-2-3-5-12(10)23-13-7-6-9(17(21)22)8-11(13)15(19)20/h2-8H,1H3,(H,16,18)(H,19,20). The van der Waals surface area contributed by atoms with Crippen molar-refractivity contribution in [1.82, 2.24) is 5.32 Å². The van der Waals surface area contributed by atoms with Gasteiger partial charge in [0, 0.05) is 29.0 Å². The minimum atomic E-state index is -1.27. The summed E-state index contributed by atoms with van der Waals surface area (Å²) in [5, 5.41) is 22.6. The molecular formula is C15H12N2O5S. The van der Waals surface area contributed by atoms with Crippen LogP contribution in [-0.4, -0.2) is 29.0 Å². The van der Waals surface area contributed by atoms with Gasteiger partial charge in [0.15, 0.2) is 0 Å². The second kappa shape index (κ2) is 6.93. The van der Waals surface area contributed by atoms with Crippen LogP contribution in [0.15, 0.2) is 52.3 Å². The van der Waals surface area contributed by atoms with Gasteiger partial charge in [-0.25, -0.2) is 4.79 Å². The highest BCUT2D eigenvalue weighted by Gasteiger charge is 2.18. The Morgan fingerprint density at radius 3 is 2.39 bits per heavy atom. The van der Waals surface area contributed by atoms with Crippen LogP contribution in [-0.2, 0) is 0 Å². The number of amides is 1. The highest BCUT2D eigenvalue weighted by molar-refractivity contribution is 7.99. The first-order valence-corrected chi connectivity index (χ1v) is 7.26. The van der Waals surface area contributed by atoms with E-state index in [9.17, 15) is 24.8 Å². The van der Waals surface area contributed by atoms with E-state index in [2.05, 4.69) is 5.32 Å². The molecule has 118 valence electrons. The number of non-ortho nitro benzene ring substituents is 1. The van der Waals surface area contributed by atoms with Crippen LogP contribution < -0.4 is 5.32 Å². The third-order valence-electron chi connectivity index (χ3n) is 2.98. The van der Waals surface area contributed by atoms with Crippen molar-refractivity contribution in [2.24, 2.45) is 0 Å². The van der Waals surface area contributed by atoms with E-state index in [0.29, 0.717) is 15.4 Å². The third-order valence-corrected chi connectivity index (χ3v) is 4.13. The Hall–Kier alpha value is -2.87. The Balaban J connectivity index is 2.47. The van der Waals surface area contributed by atoms with Gasteiger partial charge in [-0.15, -0.1) is 0 Å². The lowest BCUT2D eigenvalue weighted by Crippen LogP contribution is -2.18. The van der Waals surface area contributed by atoms with E-state index in [1.165, 1.54) is 19.2 Å². The molecule has 23 heavy (non-hydrogen) atoms. The molecule has 2 N–H and O–H groups in total. The number of nitrogens with one attached hydrogen (secondary N) is 1. The van der Waals surface area contributed by atoms with Crippen LogP contribution in [0.5, 0.6) is 0 Å². The van der Waals surface area contributed by atoms with Gasteiger partial charge < -0.3 is 10.4 Å². The maximum absolute atomic E-state index is 11.9. The molecule has 0 heterocycles. The summed E-state index contributed by atoms with van der Waals surface area (Å²) in [6, 6.07) is 10.3. The number of nitro groups is 1. The summed E-state index contributed by atoms with van der Waals surface area (Å²) in [6.45, 7) is 0. The number of carboxylic acid groups (broad SMARTS) is 1. The van der Waals surface area contributed by atoms with Crippen LogP contribution in [0, 0.1) is 10.1 Å². The van der Waals surface area contributed by atoms with Gasteiger partial charge in [-0.2, -0.15) is 0 Å². The molecule has 2 rings (SSSR count). The van der Waals surface area contributed by atoms with Crippen LogP contribution in [0.4, 0.5) is 5.69 Å². The number of carbonyl (C=O) groups is 2. The Labute approximate surface area is 135 Å². The predicted molar refractivity (Wildman–Crippen MR) is 84.0 cm³/mol. The number of carbonyl (C=O) groups excluding carboxylic acids is 1. The zero-order chi connectivity index (χ0) is 17.0. The number of rotatable bonds is 5. The topological polar surface area (TPSA) is 110 Å². The van der Waals surface area contributed by atoms with Crippen LogP contribution >= 0.6 is 11.8 Å². The second-order valence-electron chi connectivity index (χ2n) is 4.42. The lowest BCUT2D eigenvalue weighted by Gasteiger charge is -2.09. The lowest BCUT2D eigenvalue weighted by atomic mass is 10.2. The molecule has 0 fully saturated rings. The van der Waals surface area contributed by atoms with Crippen LogP contribution in [0.3, 0.4) is 0 Å². The molecule has 0 saturated heterocycles. The summed E-state index contributed by atoms with van der Waals surface area (Å²) in [5.74, 6) is -1.57. The highest BCUT2D eigenvalue weighted by Crippen LogP contribution is 2.34. The Bertz CT molecular complexity index is 791. The van der Waals surface area contributed by atoms with Crippen molar-refractivity contribution in [1.29, 1.82) is 0 Å². The molecule has 0 aliphatic heterocycles. The van der Waals surface area contributed by atoms with E-state index in [1.807, 2.05) is 0 Å². The van der Waals surface area contributed by atoms with Gasteiger partial charge in [0.25, 0.3) is 11.6 Å². The fourth-order valence-electron chi connectivity index (χ4n) is 1.88. The normalized spacial score (nSPS) is 10.1. The van der Waals surface area contributed by atoms with Crippen LogP contribution in [0.1, 0.15) is 20.7 Å². The van der Waals surface area contributed by atoms with E-state index in [4.69, 9.17) is 0 Å². The minimum absolute atomic E-state index is 0.184. The predicted octanol–water partition coefficient (Wildman–Crippen LogP) is 2.80. The van der Waals surface area contributed by atoms with Gasteiger partial charge in [-0.05, 0) is 18.2 Å². The Morgan fingerprint density at radius 1 is 1.13 bits per heavy atom. The molecule has 0 aromatic heterocycles. The number of carboxylic acids is 1. The van der Waals surface area contributed by atoms with Gasteiger partial charge in [0.2, 0.25) is 0 Å². The van der Waals surface area contributed by atoms with Crippen molar-refractivity contribution in [3.05, 3.63) is 63.7 Å². The minimum Gasteiger partial charge on any atom is -0.478 e. The molecule has 2 aromatic rings. The van der Waals surface area contributed by atoms with Crippen molar-refractivity contribution >= 4 is 29.3 Å². The maximum atomic E-state index is 11.9. The molecule has 0 spiro atoms. The van der Waals surface area contributed by atoms with Crippen molar-refractivity contribution < 1.29 is 19.6 Å². The summed E-state index contributed by atoms with van der Waals surface area (Å²) in [5.41, 5.74) is -0.0862. The molecule has 0 aliphatic rings. The fraction of sp³-hybridized carbons (Fsp3) is 0.0667. The average Bonchev–Trinajstić information content (AvgIpc) is 2.54. The molecule has 0 unspecified atom stereocenters.